The first-order valence-corrected chi connectivity index (χ1v) is 10.4. The van der Waals surface area contributed by atoms with Gasteiger partial charge < -0.3 is 4.57 Å². The third-order valence-corrected chi connectivity index (χ3v) is 5.89. The number of nitrogens with zero attached hydrogens (tertiary/aromatic N) is 3. The van der Waals surface area contributed by atoms with Crippen molar-refractivity contribution in [3.63, 3.8) is 0 Å². The first kappa shape index (κ1) is 17.6. The molecule has 5 rings (SSSR count). The van der Waals surface area contributed by atoms with Gasteiger partial charge in [-0.15, -0.1) is 0 Å². The Morgan fingerprint density at radius 2 is 1.79 bits per heavy atom. The number of aryl methyl sites for hydroxylation is 1. The van der Waals surface area contributed by atoms with Crippen molar-refractivity contribution in [3.05, 3.63) is 95.7 Å². The van der Waals surface area contributed by atoms with Crippen molar-refractivity contribution in [2.45, 2.75) is 13.5 Å². The highest BCUT2D eigenvalue weighted by molar-refractivity contribution is 7.22. The van der Waals surface area contributed by atoms with Crippen LogP contribution in [0.1, 0.15) is 16.7 Å². The van der Waals surface area contributed by atoms with E-state index in [9.17, 15) is 0 Å². The van der Waals surface area contributed by atoms with Gasteiger partial charge in [-0.2, -0.15) is 5.10 Å². The highest BCUT2D eigenvalue weighted by atomic mass is 32.1. The van der Waals surface area contributed by atoms with E-state index in [1.54, 1.807) is 11.3 Å². The Kier molecular flexibility index (Phi) is 4.58. The summed E-state index contributed by atoms with van der Waals surface area (Å²) in [7, 11) is 0. The number of aromatic nitrogens is 2. The summed E-state index contributed by atoms with van der Waals surface area (Å²) in [6.45, 7) is 2.95. The summed E-state index contributed by atoms with van der Waals surface area (Å²) < 4.78 is 3.43. The molecule has 2 aromatic heterocycles. The molecule has 0 amide bonds. The van der Waals surface area contributed by atoms with Crippen LogP contribution in [-0.4, -0.2) is 15.8 Å². The van der Waals surface area contributed by atoms with Crippen molar-refractivity contribution < 1.29 is 0 Å². The molecule has 5 aromatic rings. The van der Waals surface area contributed by atoms with Gasteiger partial charge >= 0.3 is 0 Å². The van der Waals surface area contributed by atoms with E-state index in [4.69, 9.17) is 0 Å². The minimum atomic E-state index is 0.797. The van der Waals surface area contributed by atoms with E-state index in [1.165, 1.54) is 22.0 Å². The minimum Gasteiger partial charge on any atom is -0.342 e. The van der Waals surface area contributed by atoms with Crippen LogP contribution in [0, 0.1) is 6.92 Å². The molecule has 0 bridgehead atoms. The predicted octanol–water partition coefficient (Wildman–Crippen LogP) is 6.05. The molecule has 0 aliphatic rings. The van der Waals surface area contributed by atoms with Crippen LogP contribution in [0.15, 0.2) is 84.1 Å². The Balaban J connectivity index is 1.42. The molecule has 0 unspecified atom stereocenters. The SMILES string of the molecule is Cc1ccc(Cn2cc(/C=N\Nc3nc4ccccc4s3)c3ccccc32)cc1. The minimum absolute atomic E-state index is 0.797. The lowest BCUT2D eigenvalue weighted by molar-refractivity contribution is 0.836. The highest BCUT2D eigenvalue weighted by Gasteiger charge is 2.07. The molecule has 0 aliphatic carbocycles. The van der Waals surface area contributed by atoms with Gasteiger partial charge in [0.25, 0.3) is 0 Å². The lowest BCUT2D eigenvalue weighted by atomic mass is 10.1. The zero-order chi connectivity index (χ0) is 19.6. The van der Waals surface area contributed by atoms with E-state index in [2.05, 4.69) is 87.8 Å². The quantitative estimate of drug-likeness (QED) is 0.290. The summed E-state index contributed by atoms with van der Waals surface area (Å²) in [6, 6.07) is 25.2. The highest BCUT2D eigenvalue weighted by Crippen LogP contribution is 2.25. The molecule has 0 saturated carbocycles. The van der Waals surface area contributed by atoms with E-state index in [-0.39, 0.29) is 0 Å². The number of para-hydroxylation sites is 2. The lowest BCUT2D eigenvalue weighted by Gasteiger charge is -2.06. The molecule has 5 heteroatoms. The Morgan fingerprint density at radius 1 is 1.00 bits per heavy atom. The van der Waals surface area contributed by atoms with Crippen molar-refractivity contribution in [3.8, 4) is 0 Å². The molecule has 1 N–H and O–H groups in total. The van der Waals surface area contributed by atoms with Gasteiger partial charge in [-0.3, -0.25) is 5.43 Å². The maximum absolute atomic E-state index is 4.56. The number of hydrazone groups is 1. The molecule has 2 heterocycles. The van der Waals surface area contributed by atoms with Gasteiger partial charge in [0.05, 0.1) is 16.4 Å². The van der Waals surface area contributed by atoms with Crippen molar-refractivity contribution in [2.75, 3.05) is 5.43 Å². The number of rotatable bonds is 5. The Morgan fingerprint density at radius 3 is 2.66 bits per heavy atom. The molecule has 3 aromatic carbocycles. The molecular weight excluding hydrogens is 376 g/mol. The van der Waals surface area contributed by atoms with E-state index in [1.807, 2.05) is 24.4 Å². The first-order chi connectivity index (χ1) is 14.3. The zero-order valence-corrected chi connectivity index (χ0v) is 16.9. The third-order valence-electron chi connectivity index (χ3n) is 4.95. The summed E-state index contributed by atoms with van der Waals surface area (Å²) in [4.78, 5) is 4.56. The van der Waals surface area contributed by atoms with Gasteiger partial charge in [0.1, 0.15) is 0 Å². The number of nitrogens with one attached hydrogen (secondary N) is 1. The summed E-state index contributed by atoms with van der Waals surface area (Å²) in [6.07, 6.45) is 4.04. The van der Waals surface area contributed by atoms with Gasteiger partial charge in [0.2, 0.25) is 5.13 Å². The molecule has 0 saturated heterocycles. The van der Waals surface area contributed by atoms with Crippen molar-refractivity contribution >= 4 is 43.8 Å². The van der Waals surface area contributed by atoms with Crippen molar-refractivity contribution in [1.82, 2.24) is 9.55 Å². The van der Waals surface area contributed by atoms with Crippen molar-refractivity contribution in [2.24, 2.45) is 5.10 Å². The monoisotopic (exact) mass is 396 g/mol. The average molecular weight is 397 g/mol. The molecule has 4 nitrogen and oxygen atoms in total. The van der Waals surface area contributed by atoms with E-state index < -0.39 is 0 Å². The fraction of sp³-hybridized carbons (Fsp3) is 0.0833. The Hall–Kier alpha value is -3.44. The summed E-state index contributed by atoms with van der Waals surface area (Å²) in [5.41, 5.74) is 8.92. The van der Waals surface area contributed by atoms with Gasteiger partial charge in [0.15, 0.2) is 0 Å². The second-order valence-electron chi connectivity index (χ2n) is 7.07. The molecule has 0 fully saturated rings. The second-order valence-corrected chi connectivity index (χ2v) is 8.10. The van der Waals surface area contributed by atoms with Crippen LogP contribution in [-0.2, 0) is 6.54 Å². The summed E-state index contributed by atoms with van der Waals surface area (Å²) in [5, 5.41) is 6.44. The molecule has 0 spiro atoms. The van der Waals surface area contributed by atoms with Crippen LogP contribution in [0.5, 0.6) is 0 Å². The Bertz CT molecular complexity index is 1280. The van der Waals surface area contributed by atoms with Gasteiger partial charge in [-0.05, 0) is 30.7 Å². The van der Waals surface area contributed by atoms with Crippen LogP contribution in [0.2, 0.25) is 0 Å². The topological polar surface area (TPSA) is 42.2 Å². The fourth-order valence-electron chi connectivity index (χ4n) is 3.48. The number of hydrogen-bond donors (Lipinski definition) is 1. The van der Waals surface area contributed by atoms with Crippen LogP contribution < -0.4 is 5.43 Å². The number of fused-ring (bicyclic) bond motifs is 2. The second kappa shape index (κ2) is 7.53. The molecule has 0 aliphatic heterocycles. The van der Waals surface area contributed by atoms with Gasteiger partial charge in [-0.1, -0.05) is 71.5 Å². The number of thiazole rings is 1. The van der Waals surface area contributed by atoms with Crippen LogP contribution in [0.3, 0.4) is 0 Å². The van der Waals surface area contributed by atoms with Crippen molar-refractivity contribution in [1.29, 1.82) is 0 Å². The first-order valence-electron chi connectivity index (χ1n) is 9.54. The number of benzene rings is 3. The normalized spacial score (nSPS) is 11.6. The maximum Gasteiger partial charge on any atom is 0.204 e. The summed E-state index contributed by atoms with van der Waals surface area (Å²) in [5.74, 6) is 0. The van der Waals surface area contributed by atoms with E-state index >= 15 is 0 Å². The molecule has 142 valence electrons. The third kappa shape index (κ3) is 3.65. The van der Waals surface area contributed by atoms with E-state index in [0.717, 1.165) is 27.5 Å². The average Bonchev–Trinajstić information content (AvgIpc) is 3.31. The number of hydrogen-bond acceptors (Lipinski definition) is 4. The number of anilines is 1. The molecule has 0 atom stereocenters. The lowest BCUT2D eigenvalue weighted by Crippen LogP contribution is -1.97. The Labute approximate surface area is 173 Å². The van der Waals surface area contributed by atoms with Gasteiger partial charge in [-0.25, -0.2) is 4.98 Å². The maximum atomic E-state index is 4.56. The van der Waals surface area contributed by atoms with E-state index in [0.29, 0.717) is 0 Å². The molecular formula is C24H20N4S. The zero-order valence-electron chi connectivity index (χ0n) is 16.0. The summed E-state index contributed by atoms with van der Waals surface area (Å²) >= 11 is 1.60. The van der Waals surface area contributed by atoms with Crippen LogP contribution >= 0.6 is 11.3 Å². The molecule has 0 radical (unpaired) electrons. The smallest absolute Gasteiger partial charge is 0.204 e. The standard InChI is InChI=1S/C24H20N4S/c1-17-10-12-18(13-11-17)15-28-16-19(20-6-2-4-8-22(20)28)14-25-27-24-26-21-7-3-5-9-23(21)29-24/h2-14,16H,15H2,1H3,(H,26,27)/b25-14-. The fourth-order valence-corrected chi connectivity index (χ4v) is 4.29. The predicted molar refractivity (Wildman–Crippen MR) is 123 cm³/mol. The van der Waals surface area contributed by atoms with Crippen LogP contribution in [0.4, 0.5) is 5.13 Å². The molecule has 29 heavy (non-hydrogen) atoms. The van der Waals surface area contributed by atoms with Crippen LogP contribution in [0.25, 0.3) is 21.1 Å². The van der Waals surface area contributed by atoms with Gasteiger partial charge in [0, 0.05) is 29.2 Å². The largest absolute Gasteiger partial charge is 0.342 e.